The summed E-state index contributed by atoms with van der Waals surface area (Å²) in [7, 11) is 0. The van der Waals surface area contributed by atoms with Gasteiger partial charge in [-0.25, -0.2) is 0 Å². The van der Waals surface area contributed by atoms with Crippen LogP contribution >= 0.6 is 0 Å². The molecule has 1 aromatic rings. The SMILES string of the molecule is O=C(CCC(F)(F)F)N[C@@H]1C[C@@H](C(=O)NCc2ccccn2)CC[C@H]1O.O=CO. The maximum atomic E-state index is 12.3. The maximum absolute atomic E-state index is 12.3. The average molecular weight is 419 g/mol. The molecule has 1 heterocycles. The van der Waals surface area contributed by atoms with Gasteiger partial charge in [-0.1, -0.05) is 6.07 Å². The molecule has 0 radical (unpaired) electrons. The number of rotatable bonds is 6. The number of amides is 2. The zero-order chi connectivity index (χ0) is 21.9. The summed E-state index contributed by atoms with van der Waals surface area (Å²) in [5.74, 6) is -1.42. The highest BCUT2D eigenvalue weighted by molar-refractivity contribution is 5.79. The van der Waals surface area contributed by atoms with Crippen LogP contribution in [-0.4, -0.2) is 51.8 Å². The predicted molar refractivity (Wildman–Crippen MR) is 95.3 cm³/mol. The van der Waals surface area contributed by atoms with Gasteiger partial charge in [0, 0.05) is 18.5 Å². The Balaban J connectivity index is 0.00000132. The van der Waals surface area contributed by atoms with Gasteiger partial charge in [0.15, 0.2) is 0 Å². The number of alkyl halides is 3. The average Bonchev–Trinajstić information content (AvgIpc) is 2.67. The third-order valence-electron chi connectivity index (χ3n) is 4.34. The Morgan fingerprint density at radius 2 is 1.97 bits per heavy atom. The Morgan fingerprint density at radius 3 is 2.55 bits per heavy atom. The molecule has 0 bridgehead atoms. The molecule has 1 fully saturated rings. The second-order valence-electron chi connectivity index (χ2n) is 6.51. The van der Waals surface area contributed by atoms with Gasteiger partial charge >= 0.3 is 6.18 Å². The highest BCUT2D eigenvalue weighted by Crippen LogP contribution is 2.26. The molecule has 0 spiro atoms. The highest BCUT2D eigenvalue weighted by Gasteiger charge is 2.34. The normalized spacial score (nSPS) is 21.3. The van der Waals surface area contributed by atoms with E-state index >= 15 is 0 Å². The second-order valence-corrected chi connectivity index (χ2v) is 6.51. The van der Waals surface area contributed by atoms with Crippen molar-refractivity contribution in [2.45, 2.75) is 57.0 Å². The first-order valence-electron chi connectivity index (χ1n) is 8.96. The molecule has 1 aliphatic carbocycles. The molecule has 1 saturated carbocycles. The van der Waals surface area contributed by atoms with E-state index in [-0.39, 0.29) is 25.3 Å². The van der Waals surface area contributed by atoms with Crippen molar-refractivity contribution in [3.63, 3.8) is 0 Å². The van der Waals surface area contributed by atoms with Crippen LogP contribution in [0.25, 0.3) is 0 Å². The first kappa shape index (κ1) is 24.3. The Hall–Kier alpha value is -2.69. The van der Waals surface area contributed by atoms with Gasteiger partial charge in [-0.05, 0) is 31.4 Å². The number of aromatic nitrogens is 1. The van der Waals surface area contributed by atoms with E-state index in [1.165, 1.54) is 0 Å². The zero-order valence-electron chi connectivity index (χ0n) is 15.6. The molecule has 0 saturated heterocycles. The number of nitrogens with one attached hydrogen (secondary N) is 2. The van der Waals surface area contributed by atoms with Crippen LogP contribution in [0.1, 0.15) is 37.8 Å². The summed E-state index contributed by atoms with van der Waals surface area (Å²) in [6, 6.07) is 4.61. The van der Waals surface area contributed by atoms with E-state index in [2.05, 4.69) is 15.6 Å². The molecule has 8 nitrogen and oxygen atoms in total. The monoisotopic (exact) mass is 419 g/mol. The van der Waals surface area contributed by atoms with Crippen LogP contribution in [0.5, 0.6) is 0 Å². The van der Waals surface area contributed by atoms with Crippen molar-refractivity contribution in [1.29, 1.82) is 0 Å². The zero-order valence-corrected chi connectivity index (χ0v) is 15.6. The summed E-state index contributed by atoms with van der Waals surface area (Å²) in [6.45, 7) is 0.0152. The summed E-state index contributed by atoms with van der Waals surface area (Å²) in [5, 5.41) is 22.0. The number of carboxylic acid groups (broad SMARTS) is 1. The van der Waals surface area contributed by atoms with E-state index in [0.717, 1.165) is 0 Å². The summed E-state index contributed by atoms with van der Waals surface area (Å²) < 4.78 is 36.5. The Labute approximate surface area is 165 Å². The third kappa shape index (κ3) is 9.88. The Kier molecular flexibility index (Phi) is 10.1. The third-order valence-corrected chi connectivity index (χ3v) is 4.34. The van der Waals surface area contributed by atoms with E-state index in [1.807, 2.05) is 0 Å². The smallest absolute Gasteiger partial charge is 0.389 e. The predicted octanol–water partition coefficient (Wildman–Crippen LogP) is 1.39. The van der Waals surface area contributed by atoms with Crippen molar-refractivity contribution in [2.75, 3.05) is 0 Å². The number of halogens is 3. The highest BCUT2D eigenvalue weighted by atomic mass is 19.4. The molecule has 0 unspecified atom stereocenters. The van der Waals surface area contributed by atoms with Crippen molar-refractivity contribution in [3.8, 4) is 0 Å². The number of pyridine rings is 1. The fourth-order valence-corrected chi connectivity index (χ4v) is 2.91. The van der Waals surface area contributed by atoms with Crippen LogP contribution in [0.15, 0.2) is 24.4 Å². The van der Waals surface area contributed by atoms with Crippen molar-refractivity contribution in [1.82, 2.24) is 15.6 Å². The van der Waals surface area contributed by atoms with E-state index in [4.69, 9.17) is 9.90 Å². The molecule has 4 N–H and O–H groups in total. The molecule has 2 amide bonds. The van der Waals surface area contributed by atoms with Crippen LogP contribution < -0.4 is 10.6 Å². The molecule has 0 aromatic carbocycles. The lowest BCUT2D eigenvalue weighted by Crippen LogP contribution is -2.49. The molecule has 162 valence electrons. The molecule has 1 aromatic heterocycles. The number of carbonyl (C=O) groups is 3. The summed E-state index contributed by atoms with van der Waals surface area (Å²) in [6.07, 6.45) is -4.63. The fraction of sp³-hybridized carbons (Fsp3) is 0.556. The summed E-state index contributed by atoms with van der Waals surface area (Å²) >= 11 is 0. The minimum atomic E-state index is -4.41. The van der Waals surface area contributed by atoms with Crippen molar-refractivity contribution < 1.29 is 37.8 Å². The maximum Gasteiger partial charge on any atom is 0.389 e. The molecule has 29 heavy (non-hydrogen) atoms. The first-order valence-corrected chi connectivity index (χ1v) is 8.96. The molecule has 11 heteroatoms. The quantitative estimate of drug-likeness (QED) is 0.516. The molecule has 3 atom stereocenters. The van der Waals surface area contributed by atoms with Crippen molar-refractivity contribution >= 4 is 18.3 Å². The van der Waals surface area contributed by atoms with Gasteiger partial charge in [-0.2, -0.15) is 13.2 Å². The molecule has 2 rings (SSSR count). The summed E-state index contributed by atoms with van der Waals surface area (Å²) in [4.78, 5) is 36.4. The van der Waals surface area contributed by atoms with E-state index in [0.29, 0.717) is 18.5 Å². The molecular formula is C18H24F3N3O5. The van der Waals surface area contributed by atoms with Gasteiger partial charge in [0.25, 0.3) is 6.47 Å². The number of nitrogens with zero attached hydrogens (tertiary/aromatic N) is 1. The van der Waals surface area contributed by atoms with Gasteiger partial charge in [0.05, 0.1) is 30.8 Å². The van der Waals surface area contributed by atoms with Crippen LogP contribution in [-0.2, 0) is 20.9 Å². The van der Waals surface area contributed by atoms with Crippen molar-refractivity contribution in [3.05, 3.63) is 30.1 Å². The molecular weight excluding hydrogens is 395 g/mol. The molecule has 0 aliphatic heterocycles. The first-order chi connectivity index (χ1) is 13.7. The van der Waals surface area contributed by atoms with E-state index in [1.54, 1.807) is 24.4 Å². The van der Waals surface area contributed by atoms with Gasteiger partial charge in [-0.15, -0.1) is 0 Å². The standard InChI is InChI=1S/C17H22F3N3O3.CH2O2/c18-17(19,20)7-6-15(25)23-13-9-11(4-5-14(13)24)16(26)22-10-12-3-1-2-8-21-12;2-1-3/h1-3,8,11,13-14,24H,4-7,9-10H2,(H,22,26)(H,23,25);1H,(H,2,3)/t11-,13+,14+;/m0./s1. The fourth-order valence-electron chi connectivity index (χ4n) is 2.91. The number of aliphatic hydroxyl groups is 1. The number of aliphatic hydroxyl groups excluding tert-OH is 1. The Morgan fingerprint density at radius 1 is 1.28 bits per heavy atom. The summed E-state index contributed by atoms with van der Waals surface area (Å²) in [5.41, 5.74) is 0.702. The lowest BCUT2D eigenvalue weighted by Gasteiger charge is -2.33. The van der Waals surface area contributed by atoms with Crippen LogP contribution in [0.3, 0.4) is 0 Å². The van der Waals surface area contributed by atoms with Crippen molar-refractivity contribution in [2.24, 2.45) is 5.92 Å². The van der Waals surface area contributed by atoms with E-state index in [9.17, 15) is 27.9 Å². The minimum Gasteiger partial charge on any atom is -0.483 e. The van der Waals surface area contributed by atoms with Gasteiger partial charge in [-0.3, -0.25) is 19.4 Å². The Bertz CT molecular complexity index is 658. The van der Waals surface area contributed by atoms with Gasteiger partial charge in [0.1, 0.15) is 0 Å². The lowest BCUT2D eigenvalue weighted by molar-refractivity contribution is -0.145. The van der Waals surface area contributed by atoms with Crippen LogP contribution in [0.4, 0.5) is 13.2 Å². The largest absolute Gasteiger partial charge is 0.483 e. The number of hydrogen-bond acceptors (Lipinski definition) is 5. The van der Waals surface area contributed by atoms with Crippen LogP contribution in [0.2, 0.25) is 0 Å². The minimum absolute atomic E-state index is 0.187. The topological polar surface area (TPSA) is 129 Å². The van der Waals surface area contributed by atoms with Crippen LogP contribution in [0, 0.1) is 5.92 Å². The number of carbonyl (C=O) groups excluding carboxylic acids is 2. The number of hydrogen-bond donors (Lipinski definition) is 4. The van der Waals surface area contributed by atoms with Gasteiger partial charge < -0.3 is 20.8 Å². The van der Waals surface area contributed by atoms with Gasteiger partial charge in [0.2, 0.25) is 11.8 Å². The molecule has 1 aliphatic rings. The van der Waals surface area contributed by atoms with E-state index < -0.39 is 43.0 Å². The second kappa shape index (κ2) is 12.0. The lowest BCUT2D eigenvalue weighted by atomic mass is 9.83.